The molecule has 9 heteroatoms. The minimum absolute atomic E-state index is 0.0381. The third-order valence-corrected chi connectivity index (χ3v) is 3.97. The lowest BCUT2D eigenvalue weighted by molar-refractivity contribution is -0.119. The molecule has 1 aromatic heterocycles. The second-order valence-corrected chi connectivity index (χ2v) is 6.61. The first-order chi connectivity index (χ1) is 12.9. The van der Waals surface area contributed by atoms with Gasteiger partial charge in [0.2, 0.25) is 11.8 Å². The molecule has 0 fully saturated rings. The molecule has 8 nitrogen and oxygen atoms in total. The van der Waals surface area contributed by atoms with Crippen LogP contribution < -0.4 is 20.1 Å². The summed E-state index contributed by atoms with van der Waals surface area (Å²) in [4.78, 5) is 30.0. The molecule has 0 unspecified atom stereocenters. The van der Waals surface area contributed by atoms with Gasteiger partial charge in [0.05, 0.1) is 33.0 Å². The molecule has 2 N–H and O–H groups in total. The summed E-state index contributed by atoms with van der Waals surface area (Å²) in [6, 6.07) is 8.56. The van der Waals surface area contributed by atoms with E-state index in [-0.39, 0.29) is 24.9 Å². The van der Waals surface area contributed by atoms with E-state index in [0.29, 0.717) is 23.0 Å². The number of aromatic nitrogens is 1. The predicted octanol–water partition coefficient (Wildman–Crippen LogP) is 2.37. The Balaban J connectivity index is 1.86. The Kier molecular flexibility index (Phi) is 7.56. The van der Waals surface area contributed by atoms with Gasteiger partial charge in [0, 0.05) is 16.7 Å². The number of methoxy groups -OCH3 is 2. The lowest BCUT2D eigenvalue weighted by atomic mass is 10.2. The van der Waals surface area contributed by atoms with Crippen molar-refractivity contribution in [2.24, 2.45) is 0 Å². The standard InChI is InChI=1S/C18H21BrN4O4/c1-23(11-18(25)22-16-7-4-12(19)9-20-16)10-17(24)21-14-6-5-13(26-2)8-15(14)27-3/h4-9H,10-11H2,1-3H3,(H,21,24)(H,20,22,25). The number of pyridine rings is 1. The number of hydrogen-bond donors (Lipinski definition) is 2. The van der Waals surface area contributed by atoms with E-state index in [1.54, 1.807) is 55.6 Å². The molecule has 0 bridgehead atoms. The molecule has 0 spiro atoms. The van der Waals surface area contributed by atoms with Gasteiger partial charge >= 0.3 is 0 Å². The molecule has 0 radical (unpaired) electrons. The van der Waals surface area contributed by atoms with Gasteiger partial charge in [-0.15, -0.1) is 0 Å². The Morgan fingerprint density at radius 1 is 1.07 bits per heavy atom. The number of carbonyl (C=O) groups excluding carboxylic acids is 2. The SMILES string of the molecule is COc1ccc(NC(=O)CN(C)CC(=O)Nc2ccc(Br)cn2)c(OC)c1. The number of benzene rings is 1. The van der Waals surface area contributed by atoms with Crippen LogP contribution >= 0.6 is 15.9 Å². The molecule has 0 saturated heterocycles. The van der Waals surface area contributed by atoms with Crippen molar-refractivity contribution < 1.29 is 19.1 Å². The Morgan fingerprint density at radius 2 is 1.78 bits per heavy atom. The van der Waals surface area contributed by atoms with Crippen molar-refractivity contribution in [1.82, 2.24) is 9.88 Å². The van der Waals surface area contributed by atoms with E-state index in [1.807, 2.05) is 0 Å². The van der Waals surface area contributed by atoms with Crippen LogP contribution in [0.15, 0.2) is 41.0 Å². The van der Waals surface area contributed by atoms with E-state index >= 15 is 0 Å². The number of hydrogen-bond acceptors (Lipinski definition) is 6. The minimum atomic E-state index is -0.268. The minimum Gasteiger partial charge on any atom is -0.497 e. The highest BCUT2D eigenvalue weighted by Crippen LogP contribution is 2.28. The normalized spacial score (nSPS) is 10.4. The van der Waals surface area contributed by atoms with E-state index in [2.05, 4.69) is 31.5 Å². The fourth-order valence-corrected chi connectivity index (χ4v) is 2.50. The van der Waals surface area contributed by atoms with E-state index in [1.165, 1.54) is 7.11 Å². The first-order valence-corrected chi connectivity index (χ1v) is 8.82. The number of carbonyl (C=O) groups is 2. The molecule has 2 rings (SSSR count). The van der Waals surface area contributed by atoms with Crippen molar-refractivity contribution in [1.29, 1.82) is 0 Å². The lowest BCUT2D eigenvalue weighted by Crippen LogP contribution is -2.36. The first kappa shape index (κ1) is 20.7. The van der Waals surface area contributed by atoms with Gasteiger partial charge in [0.1, 0.15) is 17.3 Å². The number of halogens is 1. The summed E-state index contributed by atoms with van der Waals surface area (Å²) in [6.45, 7) is 0.0846. The number of rotatable bonds is 8. The van der Waals surface area contributed by atoms with Crippen molar-refractivity contribution in [2.45, 2.75) is 0 Å². The molecule has 0 aliphatic carbocycles. The van der Waals surface area contributed by atoms with Crippen molar-refractivity contribution in [3.05, 3.63) is 41.0 Å². The molecule has 1 aromatic carbocycles. The second kappa shape index (κ2) is 9.89. The van der Waals surface area contributed by atoms with Gasteiger partial charge in [-0.25, -0.2) is 4.98 Å². The highest BCUT2D eigenvalue weighted by Gasteiger charge is 2.13. The van der Waals surface area contributed by atoms with Crippen LogP contribution in [0.5, 0.6) is 11.5 Å². The zero-order valence-corrected chi connectivity index (χ0v) is 16.9. The number of ether oxygens (including phenoxy) is 2. The van der Waals surface area contributed by atoms with Crippen molar-refractivity contribution in [3.8, 4) is 11.5 Å². The molecule has 144 valence electrons. The smallest absolute Gasteiger partial charge is 0.239 e. The highest BCUT2D eigenvalue weighted by molar-refractivity contribution is 9.10. The van der Waals surface area contributed by atoms with Crippen LogP contribution in [-0.4, -0.2) is 56.1 Å². The summed E-state index contributed by atoms with van der Waals surface area (Å²) >= 11 is 3.28. The average Bonchev–Trinajstić information content (AvgIpc) is 2.63. The summed E-state index contributed by atoms with van der Waals surface area (Å²) in [5.74, 6) is 1.03. The van der Waals surface area contributed by atoms with Crippen LogP contribution in [0.3, 0.4) is 0 Å². The van der Waals surface area contributed by atoms with Crippen LogP contribution in [0.2, 0.25) is 0 Å². The molecule has 2 amide bonds. The number of likely N-dealkylation sites (N-methyl/N-ethyl adjacent to an activating group) is 1. The fourth-order valence-electron chi connectivity index (χ4n) is 2.27. The van der Waals surface area contributed by atoms with Crippen molar-refractivity contribution >= 4 is 39.2 Å². The third-order valence-electron chi connectivity index (χ3n) is 3.50. The quantitative estimate of drug-likeness (QED) is 0.659. The Hall–Kier alpha value is -2.65. The average molecular weight is 437 g/mol. The van der Waals surface area contributed by atoms with Crippen LogP contribution in [0.25, 0.3) is 0 Å². The lowest BCUT2D eigenvalue weighted by Gasteiger charge is -2.17. The van der Waals surface area contributed by atoms with Crippen LogP contribution in [-0.2, 0) is 9.59 Å². The summed E-state index contributed by atoms with van der Waals surface area (Å²) in [5.41, 5.74) is 0.528. The topological polar surface area (TPSA) is 92.8 Å². The maximum absolute atomic E-state index is 12.2. The van der Waals surface area contributed by atoms with Gasteiger partial charge in [-0.3, -0.25) is 14.5 Å². The van der Waals surface area contributed by atoms with Gasteiger partial charge < -0.3 is 20.1 Å². The monoisotopic (exact) mass is 436 g/mol. The van der Waals surface area contributed by atoms with Gasteiger partial charge in [-0.2, -0.15) is 0 Å². The zero-order valence-electron chi connectivity index (χ0n) is 15.3. The Labute approximate surface area is 166 Å². The Bertz CT molecular complexity index is 798. The van der Waals surface area contributed by atoms with E-state index in [4.69, 9.17) is 9.47 Å². The maximum atomic E-state index is 12.2. The molecule has 1 heterocycles. The summed E-state index contributed by atoms with van der Waals surface area (Å²) in [5, 5.41) is 5.44. The zero-order chi connectivity index (χ0) is 19.8. The molecule has 0 saturated carbocycles. The van der Waals surface area contributed by atoms with Crippen molar-refractivity contribution in [3.63, 3.8) is 0 Å². The summed E-state index contributed by atoms with van der Waals surface area (Å²) < 4.78 is 11.2. The number of anilines is 2. The van der Waals surface area contributed by atoms with E-state index in [0.717, 1.165) is 4.47 Å². The number of nitrogens with zero attached hydrogens (tertiary/aromatic N) is 2. The highest BCUT2D eigenvalue weighted by atomic mass is 79.9. The predicted molar refractivity (Wildman–Crippen MR) is 106 cm³/mol. The summed E-state index contributed by atoms with van der Waals surface area (Å²) in [6.07, 6.45) is 1.59. The fraction of sp³-hybridized carbons (Fsp3) is 0.278. The largest absolute Gasteiger partial charge is 0.497 e. The van der Waals surface area contributed by atoms with Gasteiger partial charge in [0.25, 0.3) is 0 Å². The van der Waals surface area contributed by atoms with Crippen LogP contribution in [0, 0.1) is 0 Å². The molecule has 0 aliphatic rings. The van der Waals surface area contributed by atoms with E-state index < -0.39 is 0 Å². The van der Waals surface area contributed by atoms with Crippen LogP contribution in [0.1, 0.15) is 0 Å². The maximum Gasteiger partial charge on any atom is 0.239 e. The first-order valence-electron chi connectivity index (χ1n) is 8.03. The molecule has 27 heavy (non-hydrogen) atoms. The van der Waals surface area contributed by atoms with E-state index in [9.17, 15) is 9.59 Å². The number of amides is 2. The molecule has 2 aromatic rings. The second-order valence-electron chi connectivity index (χ2n) is 5.70. The third kappa shape index (κ3) is 6.54. The number of nitrogens with one attached hydrogen (secondary N) is 2. The molecular formula is C18H21BrN4O4. The van der Waals surface area contributed by atoms with Crippen molar-refractivity contribution in [2.75, 3.05) is 45.0 Å². The Morgan fingerprint density at radius 3 is 2.37 bits per heavy atom. The molecule has 0 atom stereocenters. The van der Waals surface area contributed by atoms with Gasteiger partial charge in [-0.1, -0.05) is 0 Å². The molecular weight excluding hydrogens is 416 g/mol. The van der Waals surface area contributed by atoms with Crippen LogP contribution in [0.4, 0.5) is 11.5 Å². The molecule has 0 aliphatic heterocycles. The van der Waals surface area contributed by atoms with Gasteiger partial charge in [0.15, 0.2) is 0 Å². The summed E-state index contributed by atoms with van der Waals surface area (Å²) in [7, 11) is 4.74. The van der Waals surface area contributed by atoms with Gasteiger partial charge in [-0.05, 0) is 47.2 Å².